The smallest absolute Gasteiger partial charge is 0.267 e. The van der Waals surface area contributed by atoms with Gasteiger partial charge in [-0.05, 0) is 30.2 Å². The Bertz CT molecular complexity index is 662. The highest BCUT2D eigenvalue weighted by Crippen LogP contribution is 2.37. The summed E-state index contributed by atoms with van der Waals surface area (Å²) >= 11 is 7.84. The number of benzene rings is 1. The van der Waals surface area contributed by atoms with Gasteiger partial charge in [-0.15, -0.1) is 11.8 Å². The van der Waals surface area contributed by atoms with Gasteiger partial charge >= 0.3 is 0 Å². The minimum absolute atomic E-state index is 0.0620. The molecule has 1 aromatic rings. The molecule has 5 nitrogen and oxygen atoms in total. The number of carbonyl (C=O) groups excluding carboxylic acids is 2. The summed E-state index contributed by atoms with van der Waals surface area (Å²) in [6, 6.07) is 5.70. The third-order valence-electron chi connectivity index (χ3n) is 3.79. The van der Waals surface area contributed by atoms with Crippen LogP contribution in [0.5, 0.6) is 0 Å². The maximum Gasteiger partial charge on any atom is 0.267 e. The number of hydrazone groups is 1. The van der Waals surface area contributed by atoms with Crippen LogP contribution in [0.3, 0.4) is 0 Å². The molecule has 0 aromatic heterocycles. The van der Waals surface area contributed by atoms with Gasteiger partial charge in [-0.1, -0.05) is 11.6 Å². The molecule has 22 heavy (non-hydrogen) atoms. The number of fused-ring (bicyclic) bond motifs is 1. The lowest BCUT2D eigenvalue weighted by Gasteiger charge is -2.27. The van der Waals surface area contributed by atoms with E-state index in [9.17, 15) is 9.59 Å². The molecule has 0 aliphatic carbocycles. The molecule has 0 unspecified atom stereocenters. The van der Waals surface area contributed by atoms with E-state index in [0.717, 1.165) is 22.6 Å². The minimum Gasteiger partial charge on any atom is -0.344 e. The molecule has 0 fully saturated rings. The van der Waals surface area contributed by atoms with Crippen LogP contribution in [-0.4, -0.2) is 35.3 Å². The fourth-order valence-electron chi connectivity index (χ4n) is 2.59. The van der Waals surface area contributed by atoms with Gasteiger partial charge in [0.1, 0.15) is 5.71 Å². The summed E-state index contributed by atoms with van der Waals surface area (Å²) in [7, 11) is 1.57. The van der Waals surface area contributed by atoms with Crippen LogP contribution in [0, 0.1) is 0 Å². The summed E-state index contributed by atoms with van der Waals surface area (Å²) < 4.78 is 0. The zero-order valence-electron chi connectivity index (χ0n) is 12.1. The molecule has 0 bridgehead atoms. The van der Waals surface area contributed by atoms with Crippen molar-refractivity contribution in [2.24, 2.45) is 5.10 Å². The van der Waals surface area contributed by atoms with E-state index in [1.165, 1.54) is 5.01 Å². The highest BCUT2D eigenvalue weighted by molar-refractivity contribution is 7.99. The van der Waals surface area contributed by atoms with Crippen molar-refractivity contribution in [3.63, 3.8) is 0 Å². The zero-order chi connectivity index (χ0) is 15.7. The lowest BCUT2D eigenvalue weighted by atomic mass is 10.0. The first-order valence-electron chi connectivity index (χ1n) is 7.12. The Morgan fingerprint density at radius 3 is 3.05 bits per heavy atom. The molecule has 2 heterocycles. The molecule has 2 amide bonds. The number of hydrogen-bond donors (Lipinski definition) is 1. The van der Waals surface area contributed by atoms with Crippen LogP contribution in [-0.2, 0) is 9.59 Å². The van der Waals surface area contributed by atoms with Crippen molar-refractivity contribution >= 4 is 40.9 Å². The number of halogens is 1. The molecular weight excluding hydrogens is 322 g/mol. The van der Waals surface area contributed by atoms with E-state index in [1.807, 2.05) is 18.2 Å². The first-order chi connectivity index (χ1) is 10.5. The van der Waals surface area contributed by atoms with Gasteiger partial charge in [0.05, 0.1) is 6.04 Å². The SMILES string of the molecule is CN1N=C(C(=O)N[C@H]2CCSc3ccc(Cl)cc32)CCC1=O. The maximum atomic E-state index is 12.4. The summed E-state index contributed by atoms with van der Waals surface area (Å²) in [5.74, 6) is 0.676. The molecule has 3 rings (SSSR count). The quantitative estimate of drug-likeness (QED) is 0.902. The number of hydrogen-bond acceptors (Lipinski definition) is 4. The van der Waals surface area contributed by atoms with Crippen LogP contribution in [0.4, 0.5) is 0 Å². The van der Waals surface area contributed by atoms with E-state index in [-0.39, 0.29) is 17.9 Å². The second kappa shape index (κ2) is 6.30. The first kappa shape index (κ1) is 15.4. The largest absolute Gasteiger partial charge is 0.344 e. The number of rotatable bonds is 2. The summed E-state index contributed by atoms with van der Waals surface area (Å²) in [5.41, 5.74) is 1.46. The number of nitrogens with one attached hydrogen (secondary N) is 1. The summed E-state index contributed by atoms with van der Waals surface area (Å²) in [6.07, 6.45) is 1.57. The number of nitrogens with zero attached hydrogens (tertiary/aromatic N) is 2. The Hall–Kier alpha value is -1.53. The Morgan fingerprint density at radius 1 is 1.45 bits per heavy atom. The molecule has 2 aliphatic rings. The van der Waals surface area contributed by atoms with E-state index in [1.54, 1.807) is 18.8 Å². The van der Waals surface area contributed by atoms with Gasteiger partial charge in [0.15, 0.2) is 0 Å². The second-order valence-corrected chi connectivity index (χ2v) is 6.88. The third kappa shape index (κ3) is 3.13. The highest BCUT2D eigenvalue weighted by atomic mass is 35.5. The van der Waals surface area contributed by atoms with Gasteiger partial charge < -0.3 is 5.32 Å². The Morgan fingerprint density at radius 2 is 2.27 bits per heavy atom. The molecule has 116 valence electrons. The van der Waals surface area contributed by atoms with Crippen LogP contribution in [0.25, 0.3) is 0 Å². The molecule has 0 radical (unpaired) electrons. The van der Waals surface area contributed by atoms with Gasteiger partial charge in [0.2, 0.25) is 5.91 Å². The minimum atomic E-state index is -0.206. The Balaban J connectivity index is 1.77. The predicted molar refractivity (Wildman–Crippen MR) is 87.1 cm³/mol. The lowest BCUT2D eigenvalue weighted by Crippen LogP contribution is -2.39. The molecule has 0 spiro atoms. The molecule has 0 saturated carbocycles. The van der Waals surface area contributed by atoms with Crippen LogP contribution in [0.2, 0.25) is 5.02 Å². The normalized spacial score (nSPS) is 21.2. The van der Waals surface area contributed by atoms with Gasteiger partial charge in [-0.2, -0.15) is 5.10 Å². The second-order valence-electron chi connectivity index (χ2n) is 5.31. The standard InChI is InChI=1S/C15H16ClN3O2S/c1-19-14(20)5-3-12(18-19)15(21)17-11-6-7-22-13-4-2-9(16)8-10(11)13/h2,4,8,11H,3,5-7H2,1H3,(H,17,21)/t11-/m0/s1. The van der Waals surface area contributed by atoms with Gasteiger partial charge in [-0.25, -0.2) is 5.01 Å². The summed E-state index contributed by atoms with van der Waals surface area (Å²) in [6.45, 7) is 0. The van der Waals surface area contributed by atoms with Crippen molar-refractivity contribution in [2.75, 3.05) is 12.8 Å². The van der Waals surface area contributed by atoms with E-state index in [2.05, 4.69) is 10.4 Å². The van der Waals surface area contributed by atoms with Crippen LogP contribution < -0.4 is 5.32 Å². The molecule has 1 N–H and O–H groups in total. The average Bonchev–Trinajstić information content (AvgIpc) is 2.50. The maximum absolute atomic E-state index is 12.4. The van der Waals surface area contributed by atoms with Crippen molar-refractivity contribution in [1.82, 2.24) is 10.3 Å². The first-order valence-corrected chi connectivity index (χ1v) is 8.48. The predicted octanol–water partition coefficient (Wildman–Crippen LogP) is 2.60. The molecule has 0 saturated heterocycles. The molecule has 2 aliphatic heterocycles. The highest BCUT2D eigenvalue weighted by Gasteiger charge is 2.27. The molecule has 7 heteroatoms. The van der Waals surface area contributed by atoms with Gasteiger partial charge in [-0.3, -0.25) is 9.59 Å². The van der Waals surface area contributed by atoms with E-state index >= 15 is 0 Å². The number of amides is 2. The molecular formula is C15H16ClN3O2S. The van der Waals surface area contributed by atoms with Crippen LogP contribution in [0.1, 0.15) is 30.9 Å². The monoisotopic (exact) mass is 337 g/mol. The average molecular weight is 338 g/mol. The van der Waals surface area contributed by atoms with Crippen molar-refractivity contribution in [3.8, 4) is 0 Å². The van der Waals surface area contributed by atoms with Crippen molar-refractivity contribution in [1.29, 1.82) is 0 Å². The van der Waals surface area contributed by atoms with E-state index in [4.69, 9.17) is 11.6 Å². The Kier molecular flexibility index (Phi) is 4.40. The topological polar surface area (TPSA) is 61.8 Å². The molecule has 1 atom stereocenters. The number of carbonyl (C=O) groups is 2. The van der Waals surface area contributed by atoms with Crippen molar-refractivity contribution in [3.05, 3.63) is 28.8 Å². The fraction of sp³-hybridized carbons (Fsp3) is 0.400. The third-order valence-corrected chi connectivity index (χ3v) is 5.14. The number of thioether (sulfide) groups is 1. The van der Waals surface area contributed by atoms with Gasteiger partial charge in [0, 0.05) is 35.6 Å². The van der Waals surface area contributed by atoms with Crippen molar-refractivity contribution < 1.29 is 9.59 Å². The van der Waals surface area contributed by atoms with Gasteiger partial charge in [0.25, 0.3) is 5.91 Å². The van der Waals surface area contributed by atoms with Crippen molar-refractivity contribution in [2.45, 2.75) is 30.2 Å². The van der Waals surface area contributed by atoms with Crippen LogP contribution >= 0.6 is 23.4 Å². The molecule has 1 aromatic carbocycles. The summed E-state index contributed by atoms with van der Waals surface area (Å²) in [4.78, 5) is 25.0. The fourth-order valence-corrected chi connectivity index (χ4v) is 3.88. The lowest BCUT2D eigenvalue weighted by molar-refractivity contribution is -0.130. The zero-order valence-corrected chi connectivity index (χ0v) is 13.7. The Labute approximate surface area is 138 Å². The van der Waals surface area contributed by atoms with Crippen LogP contribution in [0.15, 0.2) is 28.2 Å². The van der Waals surface area contributed by atoms with E-state index in [0.29, 0.717) is 23.6 Å². The van der Waals surface area contributed by atoms with E-state index < -0.39 is 0 Å². The summed E-state index contributed by atoms with van der Waals surface area (Å²) in [5, 5.41) is 8.99.